The molecule has 2 aromatic carbocycles. The van der Waals surface area contributed by atoms with E-state index in [1.165, 1.54) is 19.2 Å². The van der Waals surface area contributed by atoms with Gasteiger partial charge in [0.2, 0.25) is 0 Å². The second kappa shape index (κ2) is 8.05. The highest BCUT2D eigenvalue weighted by atomic mass is 35.5. The fourth-order valence-corrected chi connectivity index (χ4v) is 6.28. The first-order chi connectivity index (χ1) is 16.9. The number of imide groups is 1. The Balaban J connectivity index is 1.35. The minimum Gasteiger partial charge on any atom is -0.497 e. The Morgan fingerprint density at radius 2 is 1.46 bits per heavy atom. The summed E-state index contributed by atoms with van der Waals surface area (Å²) in [5.41, 5.74) is 0.579. The maximum absolute atomic E-state index is 13.7. The lowest BCUT2D eigenvalue weighted by atomic mass is 9.63. The van der Waals surface area contributed by atoms with E-state index in [0.29, 0.717) is 28.2 Å². The van der Waals surface area contributed by atoms with E-state index in [2.05, 4.69) is 12.2 Å². The molecule has 2 saturated carbocycles. The minimum atomic E-state index is -0.602. The molecule has 178 valence electrons. The highest BCUT2D eigenvalue weighted by molar-refractivity contribution is 6.30. The number of ketones is 1. The fourth-order valence-electron chi connectivity index (χ4n) is 6.16. The second-order valence-corrected chi connectivity index (χ2v) is 10.1. The average molecular weight is 491 g/mol. The SMILES string of the molecule is COc1ccc(C(=O)CN(C(=O)c2ccc(Cl)cc2)N2C(=O)[C@@H]3[C@H]4C=C[C@@H]([C@@H]5C[C@H]45)[C@H]3C2=O)cc1. The molecule has 0 radical (unpaired) electrons. The van der Waals surface area contributed by atoms with Crippen molar-refractivity contribution in [1.82, 2.24) is 10.0 Å². The summed E-state index contributed by atoms with van der Waals surface area (Å²) in [5, 5.41) is 2.42. The topological polar surface area (TPSA) is 84.0 Å². The van der Waals surface area contributed by atoms with E-state index in [4.69, 9.17) is 16.3 Å². The maximum Gasteiger partial charge on any atom is 0.273 e. The van der Waals surface area contributed by atoms with E-state index >= 15 is 0 Å². The number of nitrogens with zero attached hydrogens (tertiary/aromatic N) is 2. The lowest BCUT2D eigenvalue weighted by molar-refractivity contribution is -0.154. The third-order valence-corrected chi connectivity index (χ3v) is 8.16. The molecule has 2 bridgehead atoms. The number of allylic oxidation sites excluding steroid dienone is 2. The van der Waals surface area contributed by atoms with Crippen molar-refractivity contribution in [1.29, 1.82) is 0 Å². The molecular formula is C27H23ClN2O5. The van der Waals surface area contributed by atoms with Crippen LogP contribution in [0.4, 0.5) is 0 Å². The zero-order valence-corrected chi connectivity index (χ0v) is 19.7. The molecule has 3 fully saturated rings. The Morgan fingerprint density at radius 1 is 0.914 bits per heavy atom. The van der Waals surface area contributed by atoms with Crippen molar-refractivity contribution in [2.45, 2.75) is 6.42 Å². The van der Waals surface area contributed by atoms with Crippen molar-refractivity contribution in [3.8, 4) is 5.75 Å². The Bertz CT molecular complexity index is 1240. The first-order valence-corrected chi connectivity index (χ1v) is 12.1. The molecule has 5 aliphatic rings. The Morgan fingerprint density at radius 3 is 2.00 bits per heavy atom. The summed E-state index contributed by atoms with van der Waals surface area (Å²) in [5.74, 6) is -1.24. The van der Waals surface area contributed by atoms with Gasteiger partial charge in [-0.15, -0.1) is 0 Å². The first kappa shape index (κ1) is 22.0. The zero-order valence-electron chi connectivity index (χ0n) is 19.0. The molecule has 4 aliphatic carbocycles. The van der Waals surface area contributed by atoms with Crippen molar-refractivity contribution < 1.29 is 23.9 Å². The third kappa shape index (κ3) is 3.40. The van der Waals surface area contributed by atoms with Crippen molar-refractivity contribution in [3.05, 3.63) is 76.8 Å². The van der Waals surface area contributed by atoms with Gasteiger partial charge in [0, 0.05) is 16.1 Å². The van der Waals surface area contributed by atoms with Crippen LogP contribution in [0.25, 0.3) is 0 Å². The third-order valence-electron chi connectivity index (χ3n) is 7.91. The van der Waals surface area contributed by atoms with Crippen LogP contribution in [-0.2, 0) is 9.59 Å². The van der Waals surface area contributed by atoms with Crippen LogP contribution in [0, 0.1) is 35.5 Å². The quantitative estimate of drug-likeness (QED) is 0.350. The number of halogens is 1. The summed E-state index contributed by atoms with van der Waals surface area (Å²) < 4.78 is 5.15. The zero-order chi connectivity index (χ0) is 24.4. The Hall–Kier alpha value is -3.45. The molecule has 8 heteroatoms. The van der Waals surface area contributed by atoms with Crippen molar-refractivity contribution >= 4 is 35.1 Å². The molecular weight excluding hydrogens is 468 g/mol. The molecule has 1 heterocycles. The van der Waals surface area contributed by atoms with Gasteiger partial charge in [0.25, 0.3) is 17.7 Å². The number of benzene rings is 2. The largest absolute Gasteiger partial charge is 0.497 e. The molecule has 6 atom stereocenters. The number of rotatable bonds is 6. The standard InChI is InChI=1S/C27H23ClN2O5/c1-35-17-8-4-14(5-9-17)22(31)13-29(25(32)15-2-6-16(28)7-3-15)30-26(33)23-18-10-11-19(21-12-20(18)21)24(23)27(30)34/h2-11,18-21,23-24H,12-13H2,1H3/t18-,19-,20-,21+,23+,24+/m0/s1. The summed E-state index contributed by atoms with van der Waals surface area (Å²) in [7, 11) is 1.53. The average Bonchev–Trinajstić information content (AvgIpc) is 3.66. The first-order valence-electron chi connectivity index (χ1n) is 11.7. The number of Topliss-reactive ketones (excluding diaryl/α,β-unsaturated/α-hetero) is 1. The Kier molecular flexibility index (Phi) is 5.07. The molecule has 2 aromatic rings. The van der Waals surface area contributed by atoms with Gasteiger partial charge in [-0.05, 0) is 78.6 Å². The second-order valence-electron chi connectivity index (χ2n) is 9.66. The maximum atomic E-state index is 13.7. The van der Waals surface area contributed by atoms with Crippen LogP contribution in [0.5, 0.6) is 5.75 Å². The molecule has 7 rings (SSSR count). The number of methoxy groups -OCH3 is 1. The summed E-state index contributed by atoms with van der Waals surface area (Å²) in [6, 6.07) is 12.6. The predicted octanol–water partition coefficient (Wildman–Crippen LogP) is 3.64. The lowest BCUT2D eigenvalue weighted by Gasteiger charge is -2.37. The van der Waals surface area contributed by atoms with Gasteiger partial charge in [-0.25, -0.2) is 5.01 Å². The smallest absolute Gasteiger partial charge is 0.273 e. The molecule has 1 saturated heterocycles. The van der Waals surface area contributed by atoms with Crippen molar-refractivity contribution in [2.75, 3.05) is 13.7 Å². The Labute approximate surface area is 207 Å². The summed E-state index contributed by atoms with van der Waals surface area (Å²) in [6.07, 6.45) is 5.18. The van der Waals surface area contributed by atoms with E-state index in [0.717, 1.165) is 16.4 Å². The van der Waals surface area contributed by atoms with Crippen LogP contribution in [0.2, 0.25) is 5.02 Å². The van der Waals surface area contributed by atoms with Crippen LogP contribution in [0.15, 0.2) is 60.7 Å². The van der Waals surface area contributed by atoms with Gasteiger partial charge in [0.15, 0.2) is 5.78 Å². The molecule has 0 N–H and O–H groups in total. The van der Waals surface area contributed by atoms with Gasteiger partial charge in [-0.1, -0.05) is 23.8 Å². The van der Waals surface area contributed by atoms with Crippen molar-refractivity contribution in [3.63, 3.8) is 0 Å². The van der Waals surface area contributed by atoms with Gasteiger partial charge in [-0.3, -0.25) is 19.2 Å². The van der Waals surface area contributed by atoms with E-state index in [9.17, 15) is 19.2 Å². The lowest BCUT2D eigenvalue weighted by Crippen LogP contribution is -2.52. The van der Waals surface area contributed by atoms with E-state index < -0.39 is 41.9 Å². The molecule has 7 nitrogen and oxygen atoms in total. The van der Waals surface area contributed by atoms with Crippen LogP contribution in [0.1, 0.15) is 27.1 Å². The molecule has 0 spiro atoms. The number of carbonyl (C=O) groups excluding carboxylic acids is 4. The molecule has 35 heavy (non-hydrogen) atoms. The summed E-state index contributed by atoms with van der Waals surface area (Å²) in [6.45, 7) is -0.444. The van der Waals surface area contributed by atoms with Gasteiger partial charge in [0.05, 0.1) is 18.9 Å². The van der Waals surface area contributed by atoms with Gasteiger partial charge in [0.1, 0.15) is 12.3 Å². The number of carbonyl (C=O) groups is 4. The number of hydrogen-bond acceptors (Lipinski definition) is 5. The van der Waals surface area contributed by atoms with Crippen LogP contribution in [-0.4, -0.2) is 47.2 Å². The number of ether oxygens (including phenoxy) is 1. The van der Waals surface area contributed by atoms with E-state index in [1.54, 1.807) is 36.4 Å². The van der Waals surface area contributed by atoms with Gasteiger partial charge >= 0.3 is 0 Å². The minimum absolute atomic E-state index is 0.0150. The molecule has 0 unspecified atom stereocenters. The molecule has 3 amide bonds. The van der Waals surface area contributed by atoms with E-state index in [-0.39, 0.29) is 17.4 Å². The highest BCUT2D eigenvalue weighted by Gasteiger charge is 2.68. The summed E-state index contributed by atoms with van der Waals surface area (Å²) >= 11 is 5.98. The monoisotopic (exact) mass is 490 g/mol. The van der Waals surface area contributed by atoms with Crippen LogP contribution in [0.3, 0.4) is 0 Å². The van der Waals surface area contributed by atoms with E-state index in [1.807, 2.05) is 0 Å². The van der Waals surface area contributed by atoms with Crippen LogP contribution < -0.4 is 4.74 Å². The molecule has 0 aromatic heterocycles. The van der Waals surface area contributed by atoms with Crippen molar-refractivity contribution in [2.24, 2.45) is 35.5 Å². The summed E-state index contributed by atoms with van der Waals surface area (Å²) in [4.78, 5) is 54.2. The molecule has 1 aliphatic heterocycles. The number of hydrogen-bond donors (Lipinski definition) is 0. The van der Waals surface area contributed by atoms with Gasteiger partial charge in [-0.2, -0.15) is 5.01 Å². The van der Waals surface area contributed by atoms with Gasteiger partial charge < -0.3 is 4.74 Å². The normalized spacial score (nSPS) is 29.6. The van der Waals surface area contributed by atoms with Crippen LogP contribution >= 0.6 is 11.6 Å². The predicted molar refractivity (Wildman–Crippen MR) is 126 cm³/mol. The highest BCUT2D eigenvalue weighted by Crippen LogP contribution is 2.65. The number of hydrazine groups is 1. The number of amides is 3. The fraction of sp³-hybridized carbons (Fsp3) is 0.333.